The fourth-order valence-corrected chi connectivity index (χ4v) is 7.36. The molecular formula is C38H47Br. The number of halogens is 1. The summed E-state index contributed by atoms with van der Waals surface area (Å²) in [6, 6.07) is 22.9. The number of aryl methyl sites for hydroxylation is 1. The molecule has 0 radical (unpaired) electrons. The zero-order valence-electron chi connectivity index (χ0n) is 24.2. The molecular weight excluding hydrogens is 536 g/mol. The third kappa shape index (κ3) is 6.79. The molecule has 4 aromatic carbocycles. The lowest BCUT2D eigenvalue weighted by atomic mass is 9.91. The second kappa shape index (κ2) is 14.5. The Morgan fingerprint density at radius 1 is 0.513 bits per heavy atom. The first-order valence-corrected chi connectivity index (χ1v) is 16.9. The molecule has 206 valence electrons. The van der Waals surface area contributed by atoms with Gasteiger partial charge in [0.25, 0.3) is 0 Å². The van der Waals surface area contributed by atoms with E-state index in [9.17, 15) is 0 Å². The van der Waals surface area contributed by atoms with Crippen molar-refractivity contribution in [3.05, 3.63) is 70.7 Å². The van der Waals surface area contributed by atoms with Crippen LogP contribution in [-0.4, -0.2) is 0 Å². The van der Waals surface area contributed by atoms with Crippen molar-refractivity contribution in [1.82, 2.24) is 0 Å². The molecule has 1 aliphatic carbocycles. The van der Waals surface area contributed by atoms with Crippen molar-refractivity contribution in [3.63, 3.8) is 0 Å². The molecule has 0 nitrogen and oxygen atoms in total. The molecule has 1 aliphatic rings. The van der Waals surface area contributed by atoms with Crippen LogP contribution in [-0.2, 0) is 6.42 Å². The van der Waals surface area contributed by atoms with E-state index in [-0.39, 0.29) is 0 Å². The smallest absolute Gasteiger partial charge is 0.0260 e. The van der Waals surface area contributed by atoms with Crippen molar-refractivity contribution >= 4 is 37.5 Å². The maximum Gasteiger partial charge on any atom is 0.0260 e. The highest BCUT2D eigenvalue weighted by Crippen LogP contribution is 2.53. The lowest BCUT2D eigenvalue weighted by Gasteiger charge is -2.13. The molecule has 0 spiro atoms. The number of fused-ring (bicyclic) bond motifs is 5. The Labute approximate surface area is 245 Å². The van der Waals surface area contributed by atoms with Crippen LogP contribution in [0.2, 0.25) is 0 Å². The first-order valence-electron chi connectivity index (χ1n) is 16.1. The Morgan fingerprint density at radius 3 is 1.69 bits per heavy atom. The van der Waals surface area contributed by atoms with Crippen LogP contribution in [0.25, 0.3) is 43.8 Å². The molecule has 0 unspecified atom stereocenters. The van der Waals surface area contributed by atoms with Crippen LogP contribution in [0.1, 0.15) is 115 Å². The highest BCUT2D eigenvalue weighted by atomic mass is 79.9. The minimum absolute atomic E-state index is 1.19. The fourth-order valence-electron chi connectivity index (χ4n) is 6.82. The molecule has 39 heavy (non-hydrogen) atoms. The van der Waals surface area contributed by atoms with E-state index < -0.39 is 0 Å². The molecule has 0 aliphatic heterocycles. The van der Waals surface area contributed by atoms with Gasteiger partial charge in [-0.25, -0.2) is 0 Å². The standard InChI is InChI=1S/C38H47Br/c1-2-3-4-5-6-7-8-9-10-11-12-13-14-15-16-17-21-29-22-20-25-33-34(29)28-30-26-27-35(39)38-32-24-19-18-23-31(32)37(33)36(30)38/h18-20,22-28H,2-17,21H2,1H3. The number of unbranched alkanes of at least 4 members (excludes halogenated alkanes) is 15. The SMILES string of the molecule is CCCCCCCCCCCCCCCCCCc1cccc2c3c4c(c(Br)ccc4cc12)-c1ccccc1-3. The monoisotopic (exact) mass is 582 g/mol. The number of rotatable bonds is 17. The summed E-state index contributed by atoms with van der Waals surface area (Å²) < 4.78 is 1.20. The van der Waals surface area contributed by atoms with Crippen molar-refractivity contribution in [2.45, 2.75) is 116 Å². The molecule has 0 atom stereocenters. The van der Waals surface area contributed by atoms with Gasteiger partial charge in [0, 0.05) is 10.0 Å². The summed E-state index contributed by atoms with van der Waals surface area (Å²) in [5.41, 5.74) is 7.06. The third-order valence-electron chi connectivity index (χ3n) is 8.97. The Balaban J connectivity index is 1.07. The molecule has 5 rings (SSSR count). The average molecular weight is 584 g/mol. The Bertz CT molecular complexity index is 1360. The van der Waals surface area contributed by atoms with Gasteiger partial charge >= 0.3 is 0 Å². The van der Waals surface area contributed by atoms with E-state index in [1.165, 1.54) is 163 Å². The van der Waals surface area contributed by atoms with Gasteiger partial charge in [-0.1, -0.05) is 168 Å². The maximum atomic E-state index is 3.85. The third-order valence-corrected chi connectivity index (χ3v) is 9.63. The maximum absolute atomic E-state index is 3.85. The van der Waals surface area contributed by atoms with Crippen LogP contribution in [0, 0.1) is 0 Å². The van der Waals surface area contributed by atoms with E-state index in [0.29, 0.717) is 0 Å². The van der Waals surface area contributed by atoms with Gasteiger partial charge in [0.2, 0.25) is 0 Å². The van der Waals surface area contributed by atoms with E-state index in [1.54, 1.807) is 0 Å². The Kier molecular flexibility index (Phi) is 10.6. The van der Waals surface area contributed by atoms with E-state index in [2.05, 4.69) is 83.5 Å². The lowest BCUT2D eigenvalue weighted by molar-refractivity contribution is 0.529. The molecule has 1 heteroatoms. The van der Waals surface area contributed by atoms with Gasteiger partial charge in [-0.15, -0.1) is 0 Å². The minimum atomic E-state index is 1.19. The first kappa shape index (κ1) is 28.4. The highest BCUT2D eigenvalue weighted by molar-refractivity contribution is 9.10. The van der Waals surface area contributed by atoms with Crippen LogP contribution in [0.15, 0.2) is 65.1 Å². The van der Waals surface area contributed by atoms with Crippen LogP contribution in [0.3, 0.4) is 0 Å². The molecule has 0 amide bonds. The lowest BCUT2D eigenvalue weighted by Crippen LogP contribution is -1.91. The van der Waals surface area contributed by atoms with Gasteiger partial charge in [-0.2, -0.15) is 0 Å². The molecule has 0 saturated heterocycles. The van der Waals surface area contributed by atoms with E-state index in [4.69, 9.17) is 0 Å². The summed E-state index contributed by atoms with van der Waals surface area (Å²) in [6.07, 6.45) is 24.0. The quantitative estimate of drug-likeness (QED) is 0.0754. The second-order valence-corrected chi connectivity index (χ2v) is 12.7. The van der Waals surface area contributed by atoms with Crippen molar-refractivity contribution in [3.8, 4) is 22.3 Å². The van der Waals surface area contributed by atoms with Crippen LogP contribution in [0.4, 0.5) is 0 Å². The van der Waals surface area contributed by atoms with Gasteiger partial charge in [0.15, 0.2) is 0 Å². The topological polar surface area (TPSA) is 0 Å². The van der Waals surface area contributed by atoms with Crippen LogP contribution < -0.4 is 0 Å². The average Bonchev–Trinajstić information content (AvgIpc) is 3.32. The molecule has 0 heterocycles. The van der Waals surface area contributed by atoms with Crippen molar-refractivity contribution in [1.29, 1.82) is 0 Å². The summed E-state index contributed by atoms with van der Waals surface area (Å²) in [4.78, 5) is 0. The van der Waals surface area contributed by atoms with Crippen molar-refractivity contribution in [2.75, 3.05) is 0 Å². The van der Waals surface area contributed by atoms with Gasteiger partial charge < -0.3 is 0 Å². The zero-order valence-corrected chi connectivity index (χ0v) is 25.8. The molecule has 0 bridgehead atoms. The Morgan fingerprint density at radius 2 is 1.08 bits per heavy atom. The fraction of sp³-hybridized carbons (Fsp3) is 0.474. The normalized spacial score (nSPS) is 12.1. The molecule has 4 aromatic rings. The van der Waals surface area contributed by atoms with Gasteiger partial charge in [0.05, 0.1) is 0 Å². The highest BCUT2D eigenvalue weighted by Gasteiger charge is 2.25. The number of benzene rings is 4. The molecule has 0 aromatic heterocycles. The first-order chi connectivity index (χ1) is 19.3. The predicted molar refractivity (Wildman–Crippen MR) is 177 cm³/mol. The number of hydrogen-bond donors (Lipinski definition) is 0. The summed E-state index contributed by atoms with van der Waals surface area (Å²) >= 11 is 3.85. The van der Waals surface area contributed by atoms with Gasteiger partial charge in [-0.05, 0) is 68.8 Å². The summed E-state index contributed by atoms with van der Waals surface area (Å²) in [6.45, 7) is 2.30. The molecule has 0 fully saturated rings. The molecule has 0 N–H and O–H groups in total. The van der Waals surface area contributed by atoms with Crippen molar-refractivity contribution in [2.24, 2.45) is 0 Å². The van der Waals surface area contributed by atoms with Crippen molar-refractivity contribution < 1.29 is 0 Å². The van der Waals surface area contributed by atoms with Gasteiger partial charge in [-0.3, -0.25) is 0 Å². The van der Waals surface area contributed by atoms with Gasteiger partial charge in [0.1, 0.15) is 0 Å². The van der Waals surface area contributed by atoms with E-state index >= 15 is 0 Å². The largest absolute Gasteiger partial charge is 0.0654 e. The predicted octanol–water partition coefficient (Wildman–Crippen LogP) is 13.2. The second-order valence-electron chi connectivity index (χ2n) is 11.9. The summed E-state index contributed by atoms with van der Waals surface area (Å²) in [7, 11) is 0. The van der Waals surface area contributed by atoms with Crippen LogP contribution in [0.5, 0.6) is 0 Å². The van der Waals surface area contributed by atoms with E-state index in [0.717, 1.165) is 0 Å². The van der Waals surface area contributed by atoms with E-state index in [1.807, 2.05) is 0 Å². The molecule has 0 saturated carbocycles. The summed E-state index contributed by atoms with van der Waals surface area (Å²) in [5.74, 6) is 0. The zero-order chi connectivity index (χ0) is 26.9. The minimum Gasteiger partial charge on any atom is -0.0654 e. The Hall–Kier alpha value is -2.12. The van der Waals surface area contributed by atoms with Crippen LogP contribution >= 0.6 is 15.9 Å². The summed E-state index contributed by atoms with van der Waals surface area (Å²) in [5, 5.41) is 5.65. The number of hydrogen-bond acceptors (Lipinski definition) is 0.